The second kappa shape index (κ2) is 4.56. The maximum absolute atomic E-state index is 5.91. The molecule has 3 nitrogen and oxygen atoms in total. The fourth-order valence-electron chi connectivity index (χ4n) is 2.78. The Bertz CT molecular complexity index is 833. The van der Waals surface area contributed by atoms with Crippen LogP contribution in [-0.4, -0.2) is 9.55 Å². The summed E-state index contributed by atoms with van der Waals surface area (Å²) < 4.78 is 8.93. The molecule has 4 heteroatoms. The molecule has 4 rings (SSSR count). The van der Waals surface area contributed by atoms with E-state index in [9.17, 15) is 0 Å². The third kappa shape index (κ3) is 1.79. The van der Waals surface area contributed by atoms with Gasteiger partial charge in [-0.15, -0.1) is 0 Å². The average Bonchev–Trinajstić information content (AvgIpc) is 2.93. The van der Waals surface area contributed by atoms with Crippen molar-refractivity contribution in [1.82, 2.24) is 9.55 Å². The van der Waals surface area contributed by atoms with Gasteiger partial charge in [-0.05, 0) is 18.9 Å². The Kier molecular flexibility index (Phi) is 2.70. The first-order valence-electron chi connectivity index (χ1n) is 6.91. The van der Waals surface area contributed by atoms with Gasteiger partial charge >= 0.3 is 0 Å². The molecule has 1 aliphatic rings. The SMILES string of the molecule is S=c1c2cc(-c3ccccc3)oc2nc2n1CCCC2. The van der Waals surface area contributed by atoms with E-state index in [4.69, 9.17) is 16.6 Å². The van der Waals surface area contributed by atoms with E-state index in [1.165, 1.54) is 12.8 Å². The van der Waals surface area contributed by atoms with Gasteiger partial charge in [0.15, 0.2) is 0 Å². The van der Waals surface area contributed by atoms with Gasteiger partial charge < -0.3 is 8.98 Å². The summed E-state index contributed by atoms with van der Waals surface area (Å²) in [6, 6.07) is 12.1. The summed E-state index contributed by atoms with van der Waals surface area (Å²) in [6.45, 7) is 0.975. The molecule has 100 valence electrons. The Hall–Kier alpha value is -1.94. The molecule has 2 aromatic heterocycles. The second-order valence-electron chi connectivity index (χ2n) is 5.14. The maximum atomic E-state index is 5.91. The van der Waals surface area contributed by atoms with E-state index in [-0.39, 0.29) is 0 Å². The highest BCUT2D eigenvalue weighted by atomic mass is 32.1. The Balaban J connectivity index is 1.96. The monoisotopic (exact) mass is 282 g/mol. The van der Waals surface area contributed by atoms with E-state index in [1.54, 1.807) is 0 Å². The summed E-state index contributed by atoms with van der Waals surface area (Å²) in [4.78, 5) is 4.65. The van der Waals surface area contributed by atoms with E-state index >= 15 is 0 Å². The van der Waals surface area contributed by atoms with Gasteiger partial charge in [0.05, 0.1) is 5.39 Å². The number of furan rings is 1. The first kappa shape index (κ1) is 11.9. The van der Waals surface area contributed by atoms with E-state index < -0.39 is 0 Å². The van der Waals surface area contributed by atoms with Crippen molar-refractivity contribution in [3.63, 3.8) is 0 Å². The molecular weight excluding hydrogens is 268 g/mol. The zero-order chi connectivity index (χ0) is 13.5. The first-order valence-corrected chi connectivity index (χ1v) is 7.32. The molecule has 0 amide bonds. The van der Waals surface area contributed by atoms with E-state index in [0.29, 0.717) is 5.71 Å². The number of benzene rings is 1. The van der Waals surface area contributed by atoms with Gasteiger partial charge in [-0.3, -0.25) is 0 Å². The van der Waals surface area contributed by atoms with Gasteiger partial charge in [-0.25, -0.2) is 0 Å². The molecule has 3 heterocycles. The quantitative estimate of drug-likeness (QED) is 0.621. The molecule has 0 radical (unpaired) electrons. The largest absolute Gasteiger partial charge is 0.438 e. The number of fused-ring (bicyclic) bond motifs is 2. The van der Waals surface area contributed by atoms with Crippen LogP contribution in [0.1, 0.15) is 18.7 Å². The van der Waals surface area contributed by atoms with Crippen LogP contribution in [0.4, 0.5) is 0 Å². The van der Waals surface area contributed by atoms with Crippen molar-refractivity contribution in [2.45, 2.75) is 25.8 Å². The summed E-state index contributed by atoms with van der Waals surface area (Å²) in [5.74, 6) is 1.89. The molecule has 0 atom stereocenters. The second-order valence-corrected chi connectivity index (χ2v) is 5.52. The van der Waals surface area contributed by atoms with Crippen LogP contribution in [0.2, 0.25) is 0 Å². The fraction of sp³-hybridized carbons (Fsp3) is 0.250. The van der Waals surface area contributed by atoms with Crippen LogP contribution in [0, 0.1) is 4.64 Å². The number of nitrogens with zero attached hydrogens (tertiary/aromatic N) is 2. The predicted molar refractivity (Wildman–Crippen MR) is 81.2 cm³/mol. The average molecular weight is 282 g/mol. The first-order chi connectivity index (χ1) is 9.83. The summed E-state index contributed by atoms with van der Waals surface area (Å²) in [6.07, 6.45) is 3.35. The van der Waals surface area contributed by atoms with Gasteiger partial charge in [0.1, 0.15) is 16.2 Å². The summed E-state index contributed by atoms with van der Waals surface area (Å²) in [7, 11) is 0. The van der Waals surface area contributed by atoms with Crippen LogP contribution in [0.15, 0.2) is 40.8 Å². The standard InChI is InChI=1S/C16H14N2OS/c20-16-12-10-13(11-6-2-1-3-7-11)19-15(12)17-14-8-4-5-9-18(14)16/h1-3,6-7,10H,4-5,8-9H2. The molecule has 0 unspecified atom stereocenters. The summed E-state index contributed by atoms with van der Waals surface area (Å²) in [5, 5.41) is 0.949. The van der Waals surface area contributed by atoms with Crippen molar-refractivity contribution in [2.24, 2.45) is 0 Å². The zero-order valence-corrected chi connectivity index (χ0v) is 11.8. The Labute approximate surface area is 121 Å². The lowest BCUT2D eigenvalue weighted by atomic mass is 10.1. The Morgan fingerprint density at radius 3 is 2.85 bits per heavy atom. The van der Waals surface area contributed by atoms with Crippen molar-refractivity contribution in [3.05, 3.63) is 46.9 Å². The molecule has 1 aromatic carbocycles. The highest BCUT2D eigenvalue weighted by Crippen LogP contribution is 2.29. The minimum absolute atomic E-state index is 0.669. The lowest BCUT2D eigenvalue weighted by molar-refractivity contribution is 0.501. The maximum Gasteiger partial charge on any atom is 0.231 e. The molecule has 3 aromatic rings. The van der Waals surface area contributed by atoms with E-state index in [1.807, 2.05) is 36.4 Å². The van der Waals surface area contributed by atoms with Crippen LogP contribution < -0.4 is 0 Å². The molecule has 0 N–H and O–H groups in total. The van der Waals surface area contributed by atoms with Crippen LogP contribution in [0.5, 0.6) is 0 Å². The third-order valence-electron chi connectivity index (χ3n) is 3.82. The van der Waals surface area contributed by atoms with Gasteiger partial charge in [-0.1, -0.05) is 42.5 Å². The topological polar surface area (TPSA) is 31.0 Å². The number of hydrogen-bond acceptors (Lipinski definition) is 3. The van der Waals surface area contributed by atoms with Crippen LogP contribution in [0.25, 0.3) is 22.4 Å². The van der Waals surface area contributed by atoms with Crippen LogP contribution >= 0.6 is 12.2 Å². The lowest BCUT2D eigenvalue weighted by Gasteiger charge is -2.17. The molecule has 20 heavy (non-hydrogen) atoms. The molecule has 0 bridgehead atoms. The highest BCUT2D eigenvalue weighted by Gasteiger charge is 2.16. The van der Waals surface area contributed by atoms with Gasteiger partial charge in [0.25, 0.3) is 0 Å². The fourth-order valence-corrected chi connectivity index (χ4v) is 3.12. The molecule has 0 aliphatic carbocycles. The minimum Gasteiger partial charge on any atom is -0.438 e. The molecular formula is C16H14N2OS. The van der Waals surface area contributed by atoms with Gasteiger partial charge in [-0.2, -0.15) is 4.98 Å². The smallest absolute Gasteiger partial charge is 0.231 e. The van der Waals surface area contributed by atoms with Crippen molar-refractivity contribution in [1.29, 1.82) is 0 Å². The van der Waals surface area contributed by atoms with E-state index in [0.717, 1.165) is 40.1 Å². The molecule has 1 aliphatic heterocycles. The number of aromatic nitrogens is 2. The van der Waals surface area contributed by atoms with Gasteiger partial charge in [0.2, 0.25) is 5.71 Å². The van der Waals surface area contributed by atoms with E-state index in [2.05, 4.69) is 9.55 Å². The van der Waals surface area contributed by atoms with Gasteiger partial charge in [0, 0.05) is 18.5 Å². The predicted octanol–water partition coefficient (Wildman–Crippen LogP) is 4.36. The summed E-state index contributed by atoms with van der Waals surface area (Å²) in [5.41, 5.74) is 1.73. The van der Waals surface area contributed by atoms with Crippen molar-refractivity contribution in [3.8, 4) is 11.3 Å². The molecule has 0 saturated carbocycles. The van der Waals surface area contributed by atoms with Crippen molar-refractivity contribution >= 4 is 23.3 Å². The molecule has 0 fully saturated rings. The van der Waals surface area contributed by atoms with Crippen molar-refractivity contribution < 1.29 is 4.42 Å². The van der Waals surface area contributed by atoms with Crippen LogP contribution in [0.3, 0.4) is 0 Å². The number of rotatable bonds is 1. The normalized spacial score (nSPS) is 14.4. The highest BCUT2D eigenvalue weighted by molar-refractivity contribution is 7.71. The molecule has 0 saturated heterocycles. The summed E-state index contributed by atoms with van der Waals surface area (Å²) >= 11 is 5.61. The Morgan fingerprint density at radius 1 is 1.15 bits per heavy atom. The van der Waals surface area contributed by atoms with Crippen LogP contribution in [-0.2, 0) is 13.0 Å². The zero-order valence-electron chi connectivity index (χ0n) is 11.0. The number of aryl methyl sites for hydroxylation is 1. The third-order valence-corrected chi connectivity index (χ3v) is 4.26. The number of hydrogen-bond donors (Lipinski definition) is 0. The lowest BCUT2D eigenvalue weighted by Crippen LogP contribution is -2.15. The minimum atomic E-state index is 0.669. The molecule has 0 spiro atoms. The van der Waals surface area contributed by atoms with Crippen molar-refractivity contribution in [2.75, 3.05) is 0 Å². The Morgan fingerprint density at radius 2 is 2.00 bits per heavy atom.